The van der Waals surface area contributed by atoms with E-state index >= 15 is 0 Å². The number of benzene rings is 3. The summed E-state index contributed by atoms with van der Waals surface area (Å²) in [7, 11) is 0. The molecule has 0 aliphatic heterocycles. The van der Waals surface area contributed by atoms with Crippen LogP contribution in [-0.4, -0.2) is 22.8 Å². The number of aryl methyl sites for hydroxylation is 1. The van der Waals surface area contributed by atoms with Gasteiger partial charge in [-0.2, -0.15) is 0 Å². The van der Waals surface area contributed by atoms with Gasteiger partial charge < -0.3 is 10.4 Å². The Balaban J connectivity index is 1.63. The van der Waals surface area contributed by atoms with Gasteiger partial charge in [0.25, 0.3) is 0 Å². The summed E-state index contributed by atoms with van der Waals surface area (Å²) in [5.41, 5.74) is 4.18. The molecular weight excluding hydrogens is 390 g/mol. The maximum Gasteiger partial charge on any atom is 0.306 e. The van der Waals surface area contributed by atoms with Crippen molar-refractivity contribution in [3.05, 3.63) is 90.0 Å². The van der Waals surface area contributed by atoms with Gasteiger partial charge in [0.15, 0.2) is 5.78 Å². The number of rotatable bonds is 9. The molecule has 1 unspecified atom stereocenters. The second-order valence-electron chi connectivity index (χ2n) is 7.52. The molecule has 0 fully saturated rings. The minimum Gasteiger partial charge on any atom is -0.481 e. The van der Waals surface area contributed by atoms with Crippen LogP contribution in [0.3, 0.4) is 0 Å². The largest absolute Gasteiger partial charge is 0.481 e. The van der Waals surface area contributed by atoms with Crippen molar-refractivity contribution in [1.29, 1.82) is 0 Å². The molecule has 0 radical (unpaired) electrons. The monoisotopic (exact) mass is 415 g/mol. The Morgan fingerprint density at radius 2 is 1.42 bits per heavy atom. The molecule has 158 valence electrons. The molecule has 0 aromatic heterocycles. The first-order valence-electron chi connectivity index (χ1n) is 10.2. The number of Topliss-reactive ketones (excluding diaryl/α,β-unsaturated/α-hetero) is 1. The maximum absolute atomic E-state index is 12.7. The summed E-state index contributed by atoms with van der Waals surface area (Å²) in [5, 5.41) is 12.3. The predicted molar refractivity (Wildman–Crippen MR) is 121 cm³/mol. The lowest BCUT2D eigenvalue weighted by Gasteiger charge is -2.12. The third kappa shape index (κ3) is 6.37. The molecule has 1 amide bonds. The number of ketones is 1. The number of hydrogen-bond acceptors (Lipinski definition) is 3. The van der Waals surface area contributed by atoms with Gasteiger partial charge in [0.2, 0.25) is 5.91 Å². The molecule has 0 saturated heterocycles. The highest BCUT2D eigenvalue weighted by atomic mass is 16.4. The van der Waals surface area contributed by atoms with Crippen LogP contribution in [0.25, 0.3) is 11.1 Å². The van der Waals surface area contributed by atoms with Crippen LogP contribution in [0, 0.1) is 5.92 Å². The SMILES string of the molecule is CC(=O)Nc1ccc(-c2ccc(C(=O)CC(CCc3ccccc3)C(=O)O)cc2)cc1. The zero-order chi connectivity index (χ0) is 22.2. The quantitative estimate of drug-likeness (QED) is 0.470. The second-order valence-corrected chi connectivity index (χ2v) is 7.52. The average Bonchev–Trinajstić information content (AvgIpc) is 2.77. The summed E-state index contributed by atoms with van der Waals surface area (Å²) >= 11 is 0. The molecule has 1 atom stereocenters. The number of carbonyl (C=O) groups excluding carboxylic acids is 2. The fourth-order valence-electron chi connectivity index (χ4n) is 3.44. The molecule has 0 saturated carbocycles. The number of amides is 1. The van der Waals surface area contributed by atoms with E-state index in [1.165, 1.54) is 6.92 Å². The minimum atomic E-state index is -0.944. The second kappa shape index (κ2) is 10.3. The molecule has 0 bridgehead atoms. The number of aliphatic carboxylic acids is 1. The van der Waals surface area contributed by atoms with E-state index in [-0.39, 0.29) is 18.1 Å². The Labute approximate surface area is 181 Å². The number of carboxylic acid groups (broad SMARTS) is 1. The van der Waals surface area contributed by atoms with Crippen molar-refractivity contribution < 1.29 is 19.5 Å². The normalized spacial score (nSPS) is 11.5. The summed E-state index contributed by atoms with van der Waals surface area (Å²) in [6.45, 7) is 1.46. The van der Waals surface area contributed by atoms with Crippen molar-refractivity contribution in [2.75, 3.05) is 5.32 Å². The Morgan fingerprint density at radius 1 is 0.839 bits per heavy atom. The molecular formula is C26H25NO4. The standard InChI is InChI=1S/C26H25NO4/c1-18(28)27-24-15-13-21(14-16-24)20-9-11-22(12-10-20)25(29)17-23(26(30)31)8-7-19-5-3-2-4-6-19/h2-6,9-16,23H,7-8,17H2,1H3,(H,27,28)(H,30,31). The number of hydrogen-bond donors (Lipinski definition) is 2. The van der Waals surface area contributed by atoms with Crippen LogP contribution in [0.15, 0.2) is 78.9 Å². The van der Waals surface area contributed by atoms with Gasteiger partial charge in [-0.05, 0) is 41.7 Å². The van der Waals surface area contributed by atoms with Crippen LogP contribution in [-0.2, 0) is 16.0 Å². The van der Waals surface area contributed by atoms with Gasteiger partial charge in [-0.3, -0.25) is 14.4 Å². The summed E-state index contributed by atoms with van der Waals surface area (Å²) in [4.78, 5) is 35.4. The molecule has 2 N–H and O–H groups in total. The van der Waals surface area contributed by atoms with Gasteiger partial charge in [0, 0.05) is 24.6 Å². The van der Waals surface area contributed by atoms with Crippen LogP contribution in [0.4, 0.5) is 5.69 Å². The van der Waals surface area contributed by atoms with E-state index in [2.05, 4.69) is 5.32 Å². The lowest BCUT2D eigenvalue weighted by Crippen LogP contribution is -2.19. The Bertz CT molecular complexity index is 1040. The third-order valence-electron chi connectivity index (χ3n) is 5.15. The summed E-state index contributed by atoms with van der Waals surface area (Å²) < 4.78 is 0. The van der Waals surface area contributed by atoms with Crippen LogP contribution >= 0.6 is 0 Å². The smallest absolute Gasteiger partial charge is 0.306 e. The van der Waals surface area contributed by atoms with Crippen molar-refractivity contribution in [2.45, 2.75) is 26.2 Å². The fourth-order valence-corrected chi connectivity index (χ4v) is 3.44. The lowest BCUT2D eigenvalue weighted by atomic mass is 9.92. The first-order chi connectivity index (χ1) is 14.9. The van der Waals surface area contributed by atoms with Crippen LogP contribution in [0.2, 0.25) is 0 Å². The lowest BCUT2D eigenvalue weighted by molar-refractivity contribution is -0.141. The first kappa shape index (κ1) is 22.0. The highest BCUT2D eigenvalue weighted by molar-refractivity contribution is 5.98. The third-order valence-corrected chi connectivity index (χ3v) is 5.15. The molecule has 5 heteroatoms. The van der Waals surface area contributed by atoms with Crippen LogP contribution in [0.5, 0.6) is 0 Å². The molecule has 3 rings (SSSR count). The van der Waals surface area contributed by atoms with Crippen molar-refractivity contribution in [3.63, 3.8) is 0 Å². The van der Waals surface area contributed by atoms with Crippen LogP contribution < -0.4 is 5.32 Å². The summed E-state index contributed by atoms with van der Waals surface area (Å²) in [6, 6.07) is 24.3. The molecule has 3 aromatic rings. The van der Waals surface area contributed by atoms with Crippen LogP contribution in [0.1, 0.15) is 35.7 Å². The van der Waals surface area contributed by atoms with E-state index in [4.69, 9.17) is 0 Å². The van der Waals surface area contributed by atoms with Gasteiger partial charge in [-0.25, -0.2) is 0 Å². The van der Waals surface area contributed by atoms with E-state index in [0.717, 1.165) is 22.4 Å². The van der Waals surface area contributed by atoms with E-state index in [1.54, 1.807) is 12.1 Å². The van der Waals surface area contributed by atoms with E-state index < -0.39 is 11.9 Å². The van der Waals surface area contributed by atoms with Gasteiger partial charge in [-0.15, -0.1) is 0 Å². The van der Waals surface area contributed by atoms with Gasteiger partial charge >= 0.3 is 5.97 Å². The van der Waals surface area contributed by atoms with Crippen molar-refractivity contribution in [1.82, 2.24) is 0 Å². The molecule has 0 aliphatic carbocycles. The first-order valence-corrected chi connectivity index (χ1v) is 10.2. The molecule has 0 spiro atoms. The number of carbonyl (C=O) groups is 3. The predicted octanol–water partition coefficient (Wildman–Crippen LogP) is 5.22. The molecule has 0 aliphatic rings. The Morgan fingerprint density at radius 3 is 1.97 bits per heavy atom. The van der Waals surface area contributed by atoms with E-state index in [9.17, 15) is 19.5 Å². The molecule has 5 nitrogen and oxygen atoms in total. The summed E-state index contributed by atoms with van der Waals surface area (Å²) in [5.74, 6) is -1.96. The number of carboxylic acids is 1. The summed E-state index contributed by atoms with van der Waals surface area (Å²) in [6.07, 6.45) is 1.02. The maximum atomic E-state index is 12.7. The van der Waals surface area contributed by atoms with Gasteiger partial charge in [0.05, 0.1) is 5.92 Å². The number of anilines is 1. The number of nitrogens with one attached hydrogen (secondary N) is 1. The molecule has 31 heavy (non-hydrogen) atoms. The van der Waals surface area contributed by atoms with Crippen molar-refractivity contribution >= 4 is 23.3 Å². The van der Waals surface area contributed by atoms with Crippen molar-refractivity contribution in [2.24, 2.45) is 5.92 Å². The zero-order valence-electron chi connectivity index (χ0n) is 17.4. The highest BCUT2D eigenvalue weighted by Gasteiger charge is 2.22. The minimum absolute atomic E-state index is 0.0209. The van der Waals surface area contributed by atoms with Gasteiger partial charge in [0.1, 0.15) is 0 Å². The van der Waals surface area contributed by atoms with E-state index in [0.29, 0.717) is 18.4 Å². The molecule has 3 aromatic carbocycles. The Kier molecular flexibility index (Phi) is 7.33. The van der Waals surface area contributed by atoms with Crippen molar-refractivity contribution in [3.8, 4) is 11.1 Å². The van der Waals surface area contributed by atoms with E-state index in [1.807, 2.05) is 66.7 Å². The highest BCUT2D eigenvalue weighted by Crippen LogP contribution is 2.23. The topological polar surface area (TPSA) is 83.5 Å². The van der Waals surface area contributed by atoms with Gasteiger partial charge in [-0.1, -0.05) is 66.7 Å². The fraction of sp³-hybridized carbons (Fsp3) is 0.192. The zero-order valence-corrected chi connectivity index (χ0v) is 17.4. The Hall–Kier alpha value is -3.73. The average molecular weight is 415 g/mol. The molecule has 0 heterocycles.